The molecule has 1 amide bonds. The van der Waals surface area contributed by atoms with E-state index in [1.54, 1.807) is 11.3 Å². The summed E-state index contributed by atoms with van der Waals surface area (Å²) in [6.07, 6.45) is 0.0862. The number of para-hydroxylation sites is 1. The molecule has 2 aromatic rings. The molecule has 23 heavy (non-hydrogen) atoms. The van der Waals surface area contributed by atoms with Crippen molar-refractivity contribution in [3.05, 3.63) is 46.2 Å². The van der Waals surface area contributed by atoms with Crippen molar-refractivity contribution < 1.29 is 14.6 Å². The molecule has 5 nitrogen and oxygen atoms in total. The largest absolute Gasteiger partial charge is 0.491 e. The van der Waals surface area contributed by atoms with Crippen LogP contribution in [-0.2, 0) is 4.79 Å². The number of aliphatic hydroxyl groups is 1. The quantitative estimate of drug-likeness (QED) is 0.787. The number of carbonyl (C=O) groups excluding carboxylic acids is 1. The molecule has 1 aliphatic heterocycles. The van der Waals surface area contributed by atoms with E-state index in [4.69, 9.17) is 4.74 Å². The van der Waals surface area contributed by atoms with Gasteiger partial charge in [-0.15, -0.1) is 11.3 Å². The van der Waals surface area contributed by atoms with E-state index in [9.17, 15) is 9.90 Å². The first-order chi connectivity index (χ1) is 11.1. The van der Waals surface area contributed by atoms with E-state index in [1.165, 1.54) is 0 Å². The molecule has 0 fully saturated rings. The Kier molecular flexibility index (Phi) is 4.83. The van der Waals surface area contributed by atoms with Crippen LogP contribution in [0.3, 0.4) is 0 Å². The first-order valence-electron chi connectivity index (χ1n) is 7.65. The molecule has 6 heteroatoms. The summed E-state index contributed by atoms with van der Waals surface area (Å²) < 4.78 is 5.64. The SMILES string of the molecule is C[C@H](NC(=O)CNc1cccc2c1OCC[C@H]2O)c1cccs1. The number of thiophene rings is 1. The van der Waals surface area contributed by atoms with E-state index in [1.807, 2.05) is 42.6 Å². The van der Waals surface area contributed by atoms with Crippen LogP contribution >= 0.6 is 11.3 Å². The molecule has 3 rings (SSSR count). The van der Waals surface area contributed by atoms with Gasteiger partial charge in [-0.05, 0) is 24.4 Å². The molecule has 0 bridgehead atoms. The summed E-state index contributed by atoms with van der Waals surface area (Å²) in [5, 5.41) is 18.1. The third-order valence-electron chi connectivity index (χ3n) is 3.83. The maximum Gasteiger partial charge on any atom is 0.239 e. The molecule has 0 spiro atoms. The molecular weight excluding hydrogens is 312 g/mol. The highest BCUT2D eigenvalue weighted by Gasteiger charge is 2.22. The van der Waals surface area contributed by atoms with E-state index in [0.29, 0.717) is 18.8 Å². The van der Waals surface area contributed by atoms with Gasteiger partial charge in [0, 0.05) is 16.9 Å². The molecular formula is C17H20N2O3S. The number of rotatable bonds is 5. The highest BCUT2D eigenvalue weighted by molar-refractivity contribution is 7.10. The second kappa shape index (κ2) is 7.02. The molecule has 1 aliphatic rings. The molecule has 0 aliphatic carbocycles. The molecule has 3 N–H and O–H groups in total. The van der Waals surface area contributed by atoms with Crippen molar-refractivity contribution in [2.24, 2.45) is 0 Å². The van der Waals surface area contributed by atoms with Gasteiger partial charge in [0.25, 0.3) is 0 Å². The van der Waals surface area contributed by atoms with E-state index >= 15 is 0 Å². The number of carbonyl (C=O) groups is 1. The molecule has 0 saturated carbocycles. The molecule has 122 valence electrons. The predicted octanol–water partition coefficient (Wildman–Crippen LogP) is 2.85. The molecule has 0 radical (unpaired) electrons. The van der Waals surface area contributed by atoms with Gasteiger partial charge in [-0.3, -0.25) is 4.79 Å². The normalized spacial score (nSPS) is 17.7. The molecule has 1 aromatic carbocycles. The molecule has 2 atom stereocenters. The lowest BCUT2D eigenvalue weighted by atomic mass is 10.0. The maximum atomic E-state index is 12.1. The Balaban J connectivity index is 1.60. The topological polar surface area (TPSA) is 70.6 Å². The van der Waals surface area contributed by atoms with Crippen LogP contribution in [0.2, 0.25) is 0 Å². The Morgan fingerprint density at radius 1 is 1.43 bits per heavy atom. The van der Waals surface area contributed by atoms with Crippen molar-refractivity contribution in [2.45, 2.75) is 25.5 Å². The van der Waals surface area contributed by atoms with Crippen LogP contribution in [0.15, 0.2) is 35.7 Å². The summed E-state index contributed by atoms with van der Waals surface area (Å²) >= 11 is 1.62. The van der Waals surface area contributed by atoms with E-state index in [0.717, 1.165) is 16.1 Å². The van der Waals surface area contributed by atoms with E-state index in [2.05, 4.69) is 10.6 Å². The Labute approximate surface area is 139 Å². The fraction of sp³-hybridized carbons (Fsp3) is 0.353. The fourth-order valence-corrected chi connectivity index (χ4v) is 3.36. The molecule has 0 unspecified atom stereocenters. The van der Waals surface area contributed by atoms with E-state index < -0.39 is 6.10 Å². The Bertz CT molecular complexity index is 672. The van der Waals surface area contributed by atoms with Gasteiger partial charge in [0.2, 0.25) is 5.91 Å². The molecule has 1 aromatic heterocycles. The summed E-state index contributed by atoms with van der Waals surface area (Å²) in [6, 6.07) is 9.53. The summed E-state index contributed by atoms with van der Waals surface area (Å²) in [4.78, 5) is 13.2. The van der Waals surface area contributed by atoms with Gasteiger partial charge in [0.1, 0.15) is 5.75 Å². The summed E-state index contributed by atoms with van der Waals surface area (Å²) in [6.45, 7) is 2.60. The van der Waals surface area contributed by atoms with Crippen LogP contribution in [0.4, 0.5) is 5.69 Å². The van der Waals surface area contributed by atoms with Crippen LogP contribution < -0.4 is 15.4 Å². The minimum absolute atomic E-state index is 0.00735. The van der Waals surface area contributed by atoms with Crippen LogP contribution in [-0.4, -0.2) is 24.2 Å². The van der Waals surface area contributed by atoms with E-state index in [-0.39, 0.29) is 18.5 Å². The fourth-order valence-electron chi connectivity index (χ4n) is 2.62. The second-order valence-electron chi connectivity index (χ2n) is 5.54. The maximum absolute atomic E-state index is 12.1. The van der Waals surface area contributed by atoms with Crippen LogP contribution in [0.25, 0.3) is 0 Å². The summed E-state index contributed by atoms with van der Waals surface area (Å²) in [5.74, 6) is 0.560. The number of amides is 1. The average Bonchev–Trinajstić information content (AvgIpc) is 3.08. The van der Waals surface area contributed by atoms with Gasteiger partial charge >= 0.3 is 0 Å². The van der Waals surface area contributed by atoms with Gasteiger partial charge in [-0.2, -0.15) is 0 Å². The zero-order valence-corrected chi connectivity index (χ0v) is 13.7. The number of nitrogens with one attached hydrogen (secondary N) is 2. The summed E-state index contributed by atoms with van der Waals surface area (Å²) in [5.41, 5.74) is 1.51. The lowest BCUT2D eigenvalue weighted by molar-refractivity contribution is -0.120. The number of ether oxygens (including phenoxy) is 1. The monoisotopic (exact) mass is 332 g/mol. The van der Waals surface area contributed by atoms with Gasteiger partial charge in [0.15, 0.2) is 0 Å². The van der Waals surface area contributed by atoms with Crippen molar-refractivity contribution in [1.82, 2.24) is 5.32 Å². The first-order valence-corrected chi connectivity index (χ1v) is 8.53. The molecule has 0 saturated heterocycles. The lowest BCUT2D eigenvalue weighted by Crippen LogP contribution is -2.32. The smallest absolute Gasteiger partial charge is 0.239 e. The van der Waals surface area contributed by atoms with Gasteiger partial charge in [-0.25, -0.2) is 0 Å². The van der Waals surface area contributed by atoms with Crippen molar-refractivity contribution in [3.8, 4) is 5.75 Å². The van der Waals surface area contributed by atoms with Crippen LogP contribution in [0.1, 0.15) is 35.9 Å². The lowest BCUT2D eigenvalue weighted by Gasteiger charge is -2.24. The third-order valence-corrected chi connectivity index (χ3v) is 4.88. The number of hydrogen-bond acceptors (Lipinski definition) is 5. The average molecular weight is 332 g/mol. The van der Waals surface area contributed by atoms with Crippen molar-refractivity contribution >= 4 is 22.9 Å². The number of benzene rings is 1. The van der Waals surface area contributed by atoms with Gasteiger partial charge < -0.3 is 20.5 Å². The minimum Gasteiger partial charge on any atom is -0.491 e. The van der Waals surface area contributed by atoms with Crippen LogP contribution in [0.5, 0.6) is 5.75 Å². The van der Waals surface area contributed by atoms with Gasteiger partial charge in [-0.1, -0.05) is 18.2 Å². The van der Waals surface area contributed by atoms with Gasteiger partial charge in [0.05, 0.1) is 31.0 Å². The first kappa shape index (κ1) is 15.8. The third kappa shape index (κ3) is 3.65. The summed E-state index contributed by atoms with van der Waals surface area (Å²) in [7, 11) is 0. The minimum atomic E-state index is -0.506. The number of anilines is 1. The number of aliphatic hydroxyl groups excluding tert-OH is 1. The number of hydrogen-bond donors (Lipinski definition) is 3. The zero-order chi connectivity index (χ0) is 16.2. The predicted molar refractivity (Wildman–Crippen MR) is 90.9 cm³/mol. The van der Waals surface area contributed by atoms with Crippen molar-refractivity contribution in [2.75, 3.05) is 18.5 Å². The van der Waals surface area contributed by atoms with Crippen molar-refractivity contribution in [3.63, 3.8) is 0 Å². The van der Waals surface area contributed by atoms with Crippen LogP contribution in [0, 0.1) is 0 Å². The number of fused-ring (bicyclic) bond motifs is 1. The molecule has 2 heterocycles. The Morgan fingerprint density at radius 2 is 2.30 bits per heavy atom. The Hall–Kier alpha value is -2.05. The second-order valence-corrected chi connectivity index (χ2v) is 6.51. The van der Waals surface area contributed by atoms with Crippen molar-refractivity contribution in [1.29, 1.82) is 0 Å². The highest BCUT2D eigenvalue weighted by Crippen LogP contribution is 2.37. The zero-order valence-electron chi connectivity index (χ0n) is 12.9. The highest BCUT2D eigenvalue weighted by atomic mass is 32.1. The Morgan fingerprint density at radius 3 is 3.09 bits per heavy atom. The standard InChI is InChI=1S/C17H20N2O3S/c1-11(15-6-3-9-23-15)19-16(21)10-18-13-5-2-4-12-14(20)7-8-22-17(12)13/h2-6,9,11,14,18,20H,7-8,10H2,1H3,(H,19,21)/t11-,14+/m0/s1.